The van der Waals surface area contributed by atoms with Gasteiger partial charge in [0, 0.05) is 18.2 Å². The zero-order chi connectivity index (χ0) is 13.7. The zero-order valence-electron chi connectivity index (χ0n) is 11.8. The van der Waals surface area contributed by atoms with Gasteiger partial charge >= 0.3 is 0 Å². The number of likely N-dealkylation sites (tertiary alicyclic amines) is 1. The van der Waals surface area contributed by atoms with E-state index in [4.69, 9.17) is 5.73 Å². The highest BCUT2D eigenvalue weighted by Crippen LogP contribution is 2.23. The summed E-state index contributed by atoms with van der Waals surface area (Å²) in [4.78, 5) is 14.6. The minimum Gasteiger partial charge on any atom is -0.336 e. The minimum atomic E-state index is 0.183. The second-order valence-electron chi connectivity index (χ2n) is 5.28. The van der Waals surface area contributed by atoms with Gasteiger partial charge in [0.1, 0.15) is 0 Å². The third kappa shape index (κ3) is 3.35. The first-order chi connectivity index (χ1) is 9.26. The van der Waals surface area contributed by atoms with Crippen LogP contribution in [0, 0.1) is 0 Å². The highest BCUT2D eigenvalue weighted by molar-refractivity contribution is 5.94. The van der Waals surface area contributed by atoms with Crippen LogP contribution in [0.1, 0.15) is 48.5 Å². The van der Waals surface area contributed by atoms with E-state index in [1.54, 1.807) is 0 Å². The average molecular weight is 260 g/mol. The van der Waals surface area contributed by atoms with Crippen molar-refractivity contribution in [2.45, 2.75) is 45.1 Å². The van der Waals surface area contributed by atoms with E-state index in [1.807, 2.05) is 17.0 Å². The Bertz CT molecular complexity index is 413. The summed E-state index contributed by atoms with van der Waals surface area (Å²) in [5.41, 5.74) is 7.66. The fourth-order valence-corrected chi connectivity index (χ4v) is 2.81. The van der Waals surface area contributed by atoms with Crippen molar-refractivity contribution in [2.75, 3.05) is 13.1 Å². The van der Waals surface area contributed by atoms with E-state index in [9.17, 15) is 4.79 Å². The van der Waals surface area contributed by atoms with E-state index in [2.05, 4.69) is 19.1 Å². The normalized spacial score (nSPS) is 18.8. The van der Waals surface area contributed by atoms with Crippen molar-refractivity contribution in [3.05, 3.63) is 35.4 Å². The zero-order valence-corrected chi connectivity index (χ0v) is 11.8. The highest BCUT2D eigenvalue weighted by Gasteiger charge is 2.28. The van der Waals surface area contributed by atoms with Crippen LogP contribution in [0.2, 0.25) is 0 Å². The number of aryl methyl sites for hydroxylation is 1. The molecule has 1 aliphatic heterocycles. The Morgan fingerprint density at radius 1 is 1.37 bits per heavy atom. The van der Waals surface area contributed by atoms with Crippen molar-refractivity contribution in [1.82, 2.24) is 4.90 Å². The molecule has 1 unspecified atom stereocenters. The van der Waals surface area contributed by atoms with Crippen LogP contribution < -0.4 is 5.73 Å². The molecule has 2 rings (SSSR count). The first-order valence-electron chi connectivity index (χ1n) is 7.36. The van der Waals surface area contributed by atoms with Crippen LogP contribution in [0.3, 0.4) is 0 Å². The van der Waals surface area contributed by atoms with Crippen LogP contribution in [0.4, 0.5) is 0 Å². The van der Waals surface area contributed by atoms with E-state index >= 15 is 0 Å². The molecular weight excluding hydrogens is 236 g/mol. The van der Waals surface area contributed by atoms with Gasteiger partial charge in [0.25, 0.3) is 5.91 Å². The lowest BCUT2D eigenvalue weighted by atomic mass is 10.1. The Morgan fingerprint density at radius 3 is 2.74 bits per heavy atom. The molecule has 0 aliphatic carbocycles. The minimum absolute atomic E-state index is 0.183. The van der Waals surface area contributed by atoms with Crippen molar-refractivity contribution in [2.24, 2.45) is 5.73 Å². The quantitative estimate of drug-likeness (QED) is 0.884. The molecule has 0 aromatic heterocycles. The third-order valence-electron chi connectivity index (χ3n) is 3.99. The number of amides is 1. The van der Waals surface area contributed by atoms with E-state index in [0.717, 1.165) is 44.2 Å². The molecule has 2 N–H and O–H groups in total. The Kier molecular flexibility index (Phi) is 4.97. The Balaban J connectivity index is 2.04. The maximum absolute atomic E-state index is 12.5. The molecule has 3 heteroatoms. The summed E-state index contributed by atoms with van der Waals surface area (Å²) in [7, 11) is 0. The van der Waals surface area contributed by atoms with Crippen LogP contribution in [0.25, 0.3) is 0 Å². The molecule has 0 radical (unpaired) electrons. The molecule has 104 valence electrons. The summed E-state index contributed by atoms with van der Waals surface area (Å²) in [6.45, 7) is 3.73. The van der Waals surface area contributed by atoms with Crippen molar-refractivity contribution >= 4 is 5.91 Å². The van der Waals surface area contributed by atoms with Crippen molar-refractivity contribution < 1.29 is 4.79 Å². The number of carbonyl (C=O) groups is 1. The molecule has 1 amide bonds. The lowest BCUT2D eigenvalue weighted by Gasteiger charge is -2.24. The van der Waals surface area contributed by atoms with Gasteiger partial charge in [-0.15, -0.1) is 0 Å². The summed E-state index contributed by atoms with van der Waals surface area (Å²) >= 11 is 0. The molecule has 1 aromatic carbocycles. The smallest absolute Gasteiger partial charge is 0.254 e. The van der Waals surface area contributed by atoms with E-state index < -0.39 is 0 Å². The molecule has 1 fully saturated rings. The van der Waals surface area contributed by atoms with Crippen LogP contribution in [0.15, 0.2) is 24.3 Å². The van der Waals surface area contributed by atoms with E-state index in [0.29, 0.717) is 12.6 Å². The topological polar surface area (TPSA) is 46.3 Å². The average Bonchev–Trinajstić information content (AvgIpc) is 2.92. The Labute approximate surface area is 115 Å². The predicted molar refractivity (Wildman–Crippen MR) is 78.2 cm³/mol. The monoisotopic (exact) mass is 260 g/mol. The number of benzene rings is 1. The van der Waals surface area contributed by atoms with Gasteiger partial charge in [-0.2, -0.15) is 0 Å². The third-order valence-corrected chi connectivity index (χ3v) is 3.99. The molecular formula is C16H24N2O. The summed E-state index contributed by atoms with van der Waals surface area (Å²) < 4.78 is 0. The molecule has 1 saturated heterocycles. The highest BCUT2D eigenvalue weighted by atomic mass is 16.2. The molecule has 1 aliphatic rings. The number of hydrogen-bond donors (Lipinski definition) is 1. The maximum Gasteiger partial charge on any atom is 0.254 e. The number of nitrogens with two attached hydrogens (primary N) is 1. The number of nitrogens with zero attached hydrogens (tertiary/aromatic N) is 1. The lowest BCUT2D eigenvalue weighted by Crippen LogP contribution is -2.35. The fraction of sp³-hybridized carbons (Fsp3) is 0.562. The molecule has 1 aromatic rings. The van der Waals surface area contributed by atoms with Crippen molar-refractivity contribution in [3.8, 4) is 0 Å². The largest absolute Gasteiger partial charge is 0.336 e. The summed E-state index contributed by atoms with van der Waals surface area (Å²) in [5.74, 6) is 0.183. The SMILES string of the molecule is CCc1ccc(C(=O)N2CCCC2CCCN)cc1. The van der Waals surface area contributed by atoms with Crippen LogP contribution in [-0.4, -0.2) is 29.9 Å². The molecule has 3 nitrogen and oxygen atoms in total. The van der Waals surface area contributed by atoms with Crippen LogP contribution in [0.5, 0.6) is 0 Å². The van der Waals surface area contributed by atoms with Gasteiger partial charge in [-0.3, -0.25) is 4.79 Å². The van der Waals surface area contributed by atoms with Gasteiger partial charge in [0.05, 0.1) is 0 Å². The molecule has 0 bridgehead atoms. The summed E-state index contributed by atoms with van der Waals surface area (Å²) in [5, 5.41) is 0. The summed E-state index contributed by atoms with van der Waals surface area (Å²) in [6, 6.07) is 8.41. The van der Waals surface area contributed by atoms with Crippen molar-refractivity contribution in [3.63, 3.8) is 0 Å². The van der Waals surface area contributed by atoms with E-state index in [-0.39, 0.29) is 5.91 Å². The second-order valence-corrected chi connectivity index (χ2v) is 5.28. The fourth-order valence-electron chi connectivity index (χ4n) is 2.81. The number of hydrogen-bond acceptors (Lipinski definition) is 2. The van der Waals surface area contributed by atoms with Gasteiger partial charge in [0.2, 0.25) is 0 Å². The van der Waals surface area contributed by atoms with Crippen molar-refractivity contribution in [1.29, 1.82) is 0 Å². The van der Waals surface area contributed by atoms with E-state index in [1.165, 1.54) is 5.56 Å². The van der Waals surface area contributed by atoms with Gasteiger partial charge in [-0.05, 0) is 56.3 Å². The first kappa shape index (κ1) is 14.1. The Hall–Kier alpha value is -1.35. The van der Waals surface area contributed by atoms with Gasteiger partial charge in [-0.1, -0.05) is 19.1 Å². The van der Waals surface area contributed by atoms with Crippen LogP contribution in [-0.2, 0) is 6.42 Å². The second kappa shape index (κ2) is 6.71. The van der Waals surface area contributed by atoms with Gasteiger partial charge in [0.15, 0.2) is 0 Å². The van der Waals surface area contributed by atoms with Gasteiger partial charge < -0.3 is 10.6 Å². The predicted octanol–water partition coefficient (Wildman–Crippen LogP) is 2.59. The molecule has 1 heterocycles. The molecule has 0 saturated carbocycles. The lowest BCUT2D eigenvalue weighted by molar-refractivity contribution is 0.0729. The van der Waals surface area contributed by atoms with Gasteiger partial charge in [-0.25, -0.2) is 0 Å². The Morgan fingerprint density at radius 2 is 2.11 bits per heavy atom. The standard InChI is InChI=1S/C16H24N2O/c1-2-13-7-9-14(10-8-13)16(19)18-12-4-6-15(18)5-3-11-17/h7-10,15H,2-6,11-12,17H2,1H3. The first-order valence-corrected chi connectivity index (χ1v) is 7.36. The molecule has 0 spiro atoms. The number of rotatable bonds is 5. The molecule has 19 heavy (non-hydrogen) atoms. The summed E-state index contributed by atoms with van der Waals surface area (Å²) in [6.07, 6.45) is 5.29. The van der Waals surface area contributed by atoms with Crippen LogP contribution >= 0.6 is 0 Å². The molecule has 1 atom stereocenters. The maximum atomic E-state index is 12.5. The number of carbonyl (C=O) groups excluding carboxylic acids is 1.